The van der Waals surface area contributed by atoms with Gasteiger partial charge in [-0.05, 0) is 44.9 Å². The molecule has 19 heavy (non-hydrogen) atoms. The predicted octanol–water partition coefficient (Wildman–Crippen LogP) is 4.28. The van der Waals surface area contributed by atoms with Crippen molar-refractivity contribution in [1.29, 1.82) is 0 Å². The fourth-order valence-electron chi connectivity index (χ4n) is 1.67. The summed E-state index contributed by atoms with van der Waals surface area (Å²) in [5, 5.41) is 3.34. The number of hydrogen-bond donors (Lipinski definition) is 1. The highest BCUT2D eigenvalue weighted by atomic mass is 19.1. The minimum Gasteiger partial charge on any atom is -0.491 e. The third kappa shape index (κ3) is 6.58. The summed E-state index contributed by atoms with van der Waals surface area (Å²) in [6.45, 7) is 9.66. The molecule has 3 heteroatoms. The summed E-state index contributed by atoms with van der Waals surface area (Å²) in [5.41, 5.74) is 0.972. The Morgan fingerprint density at radius 3 is 2.53 bits per heavy atom. The van der Waals surface area contributed by atoms with Crippen molar-refractivity contribution < 1.29 is 9.13 Å². The highest BCUT2D eigenvalue weighted by Gasteiger charge is 2.10. The monoisotopic (exact) mass is 267 g/mol. The SMILES string of the molecule is CCCCCOc1ccc(CNC(C)(C)C)cc1F. The molecule has 0 aliphatic carbocycles. The van der Waals surface area contributed by atoms with Crippen LogP contribution in [0, 0.1) is 5.82 Å². The lowest BCUT2D eigenvalue weighted by Crippen LogP contribution is -2.35. The van der Waals surface area contributed by atoms with Gasteiger partial charge in [-0.15, -0.1) is 0 Å². The lowest BCUT2D eigenvalue weighted by Gasteiger charge is -2.20. The molecule has 0 saturated carbocycles. The third-order valence-corrected chi connectivity index (χ3v) is 2.82. The van der Waals surface area contributed by atoms with Gasteiger partial charge in [0.15, 0.2) is 11.6 Å². The normalized spacial score (nSPS) is 11.6. The molecule has 0 bridgehead atoms. The number of benzene rings is 1. The molecule has 0 unspecified atom stereocenters. The van der Waals surface area contributed by atoms with E-state index in [-0.39, 0.29) is 11.4 Å². The Bertz CT molecular complexity index is 385. The van der Waals surface area contributed by atoms with Crippen molar-refractivity contribution in [1.82, 2.24) is 5.32 Å². The van der Waals surface area contributed by atoms with Crippen LogP contribution in [0.15, 0.2) is 18.2 Å². The molecular weight excluding hydrogens is 241 g/mol. The van der Waals surface area contributed by atoms with Crippen LogP contribution >= 0.6 is 0 Å². The maximum absolute atomic E-state index is 13.8. The highest BCUT2D eigenvalue weighted by molar-refractivity contribution is 5.29. The molecule has 108 valence electrons. The molecule has 1 rings (SSSR count). The van der Waals surface area contributed by atoms with Crippen LogP contribution in [-0.2, 0) is 6.54 Å². The zero-order valence-electron chi connectivity index (χ0n) is 12.6. The molecule has 1 aromatic rings. The second kappa shape index (κ2) is 7.49. The van der Waals surface area contributed by atoms with Crippen molar-refractivity contribution in [2.75, 3.05) is 6.61 Å². The van der Waals surface area contributed by atoms with E-state index in [4.69, 9.17) is 4.74 Å². The molecule has 0 aromatic heterocycles. The van der Waals surface area contributed by atoms with Crippen molar-refractivity contribution in [2.45, 2.75) is 59.0 Å². The Balaban J connectivity index is 2.49. The molecule has 1 N–H and O–H groups in total. The van der Waals surface area contributed by atoms with Gasteiger partial charge in [0.25, 0.3) is 0 Å². The number of unbranched alkanes of at least 4 members (excludes halogenated alkanes) is 2. The number of hydrogen-bond acceptors (Lipinski definition) is 2. The predicted molar refractivity (Wildman–Crippen MR) is 78.0 cm³/mol. The topological polar surface area (TPSA) is 21.3 Å². The van der Waals surface area contributed by atoms with Crippen molar-refractivity contribution in [2.24, 2.45) is 0 Å². The molecule has 0 saturated heterocycles. The van der Waals surface area contributed by atoms with Crippen LogP contribution in [-0.4, -0.2) is 12.1 Å². The second-order valence-electron chi connectivity index (χ2n) is 5.92. The van der Waals surface area contributed by atoms with Crippen LogP contribution in [0.3, 0.4) is 0 Å². The van der Waals surface area contributed by atoms with E-state index < -0.39 is 0 Å². The molecule has 0 heterocycles. The van der Waals surface area contributed by atoms with E-state index in [0.29, 0.717) is 18.9 Å². The summed E-state index contributed by atoms with van der Waals surface area (Å²) < 4.78 is 19.3. The first-order chi connectivity index (χ1) is 8.92. The molecule has 2 nitrogen and oxygen atoms in total. The molecule has 0 aliphatic heterocycles. The standard InChI is InChI=1S/C16H26FNO/c1-5-6-7-10-19-15-9-8-13(11-14(15)17)12-18-16(2,3)4/h8-9,11,18H,5-7,10,12H2,1-4H3. The van der Waals surface area contributed by atoms with E-state index >= 15 is 0 Å². The minimum atomic E-state index is -0.273. The summed E-state index contributed by atoms with van der Waals surface area (Å²) in [6, 6.07) is 5.19. The largest absolute Gasteiger partial charge is 0.491 e. The number of rotatable bonds is 7. The Morgan fingerprint density at radius 2 is 1.95 bits per heavy atom. The van der Waals surface area contributed by atoms with Gasteiger partial charge in [0.05, 0.1) is 6.61 Å². The lowest BCUT2D eigenvalue weighted by atomic mass is 10.1. The average Bonchev–Trinajstić information content (AvgIpc) is 2.33. The molecule has 0 radical (unpaired) electrons. The van der Waals surface area contributed by atoms with Gasteiger partial charge in [0.2, 0.25) is 0 Å². The van der Waals surface area contributed by atoms with Crippen LogP contribution in [0.1, 0.15) is 52.5 Å². The van der Waals surface area contributed by atoms with E-state index in [2.05, 4.69) is 33.0 Å². The van der Waals surface area contributed by atoms with E-state index in [1.807, 2.05) is 6.07 Å². The quantitative estimate of drug-likeness (QED) is 0.744. The van der Waals surface area contributed by atoms with Gasteiger partial charge in [-0.3, -0.25) is 0 Å². The first kappa shape index (κ1) is 16.0. The van der Waals surface area contributed by atoms with Crippen molar-refractivity contribution in [3.05, 3.63) is 29.6 Å². The maximum atomic E-state index is 13.8. The van der Waals surface area contributed by atoms with Gasteiger partial charge in [0.1, 0.15) is 0 Å². The van der Waals surface area contributed by atoms with Crippen LogP contribution in [0.25, 0.3) is 0 Å². The van der Waals surface area contributed by atoms with Crippen LogP contribution in [0.4, 0.5) is 4.39 Å². The van der Waals surface area contributed by atoms with Crippen molar-refractivity contribution in [3.63, 3.8) is 0 Å². The Kier molecular flexibility index (Phi) is 6.29. The average molecular weight is 267 g/mol. The Labute approximate surface area is 116 Å². The number of halogens is 1. The zero-order valence-corrected chi connectivity index (χ0v) is 12.6. The van der Waals surface area contributed by atoms with Gasteiger partial charge < -0.3 is 10.1 Å². The molecule has 0 spiro atoms. The van der Waals surface area contributed by atoms with E-state index in [1.165, 1.54) is 0 Å². The van der Waals surface area contributed by atoms with Gasteiger partial charge in [-0.2, -0.15) is 0 Å². The van der Waals surface area contributed by atoms with Gasteiger partial charge >= 0.3 is 0 Å². The minimum absolute atomic E-state index is 0.0335. The summed E-state index contributed by atoms with van der Waals surface area (Å²) in [7, 11) is 0. The summed E-state index contributed by atoms with van der Waals surface area (Å²) in [4.78, 5) is 0. The molecule has 0 amide bonds. The molecule has 0 atom stereocenters. The first-order valence-electron chi connectivity index (χ1n) is 7.08. The van der Waals surface area contributed by atoms with E-state index in [1.54, 1.807) is 12.1 Å². The smallest absolute Gasteiger partial charge is 0.165 e. The Morgan fingerprint density at radius 1 is 1.21 bits per heavy atom. The van der Waals surface area contributed by atoms with Gasteiger partial charge in [-0.1, -0.05) is 25.8 Å². The maximum Gasteiger partial charge on any atom is 0.165 e. The summed E-state index contributed by atoms with van der Waals surface area (Å²) in [5.74, 6) is 0.0836. The van der Waals surface area contributed by atoms with E-state index in [0.717, 1.165) is 24.8 Å². The van der Waals surface area contributed by atoms with Crippen molar-refractivity contribution >= 4 is 0 Å². The van der Waals surface area contributed by atoms with Gasteiger partial charge in [-0.25, -0.2) is 4.39 Å². The third-order valence-electron chi connectivity index (χ3n) is 2.82. The van der Waals surface area contributed by atoms with Crippen LogP contribution in [0.2, 0.25) is 0 Å². The summed E-state index contributed by atoms with van der Waals surface area (Å²) >= 11 is 0. The molecule has 0 fully saturated rings. The molecule has 0 aliphatic rings. The van der Waals surface area contributed by atoms with Crippen molar-refractivity contribution in [3.8, 4) is 5.75 Å². The fourth-order valence-corrected chi connectivity index (χ4v) is 1.67. The van der Waals surface area contributed by atoms with Crippen LogP contribution < -0.4 is 10.1 Å². The van der Waals surface area contributed by atoms with Crippen LogP contribution in [0.5, 0.6) is 5.75 Å². The zero-order chi connectivity index (χ0) is 14.3. The summed E-state index contributed by atoms with van der Waals surface area (Å²) in [6.07, 6.45) is 3.24. The lowest BCUT2D eigenvalue weighted by molar-refractivity contribution is 0.291. The fraction of sp³-hybridized carbons (Fsp3) is 0.625. The second-order valence-corrected chi connectivity index (χ2v) is 5.92. The first-order valence-corrected chi connectivity index (χ1v) is 7.08. The number of ether oxygens (including phenoxy) is 1. The highest BCUT2D eigenvalue weighted by Crippen LogP contribution is 2.19. The Hall–Kier alpha value is -1.09. The number of nitrogens with one attached hydrogen (secondary N) is 1. The molecular formula is C16H26FNO. The van der Waals surface area contributed by atoms with Gasteiger partial charge in [0, 0.05) is 12.1 Å². The van der Waals surface area contributed by atoms with E-state index in [9.17, 15) is 4.39 Å². The molecule has 1 aromatic carbocycles.